The van der Waals surface area contributed by atoms with Gasteiger partial charge in [-0.25, -0.2) is 0 Å². The predicted octanol–water partition coefficient (Wildman–Crippen LogP) is 11.6. The Labute approximate surface area is 297 Å². The van der Waals surface area contributed by atoms with E-state index in [9.17, 15) is 18.0 Å². The molecule has 0 atom stereocenters. The van der Waals surface area contributed by atoms with Crippen LogP contribution in [0.4, 0.5) is 0 Å². The average Bonchev–Trinajstić information content (AvgIpc) is 3.07. The van der Waals surface area contributed by atoms with Gasteiger partial charge in [-0.15, -0.1) is 0 Å². The number of carbonyl (C=O) groups is 2. The molecule has 0 rings (SSSR count). The van der Waals surface area contributed by atoms with E-state index in [1.54, 1.807) is 14.0 Å². The summed E-state index contributed by atoms with van der Waals surface area (Å²) in [5.74, 6) is 0.140. The Hall–Kier alpha value is -1.35. The van der Waals surface area contributed by atoms with Crippen LogP contribution >= 0.6 is 0 Å². The molecule has 0 spiro atoms. The molecule has 0 saturated carbocycles. The highest BCUT2D eigenvalue weighted by molar-refractivity contribution is 7.80. The van der Waals surface area contributed by atoms with Crippen LogP contribution in [0.3, 0.4) is 0 Å². The topological polar surface area (TPSA) is 110 Å². The molecule has 0 unspecified atom stereocenters. The fourth-order valence-corrected chi connectivity index (χ4v) is 5.65. The molecule has 0 aromatic heterocycles. The van der Waals surface area contributed by atoms with Gasteiger partial charge >= 0.3 is 10.4 Å². The largest absolute Gasteiger partial charge is 0.397 e. The van der Waals surface area contributed by atoms with Crippen molar-refractivity contribution in [1.29, 1.82) is 0 Å². The van der Waals surface area contributed by atoms with Crippen LogP contribution in [0.15, 0.2) is 24.3 Å². The number of likely N-dealkylation sites (N-methyl/N-ethyl adjacent to an activating group) is 1. The van der Waals surface area contributed by atoms with E-state index in [4.69, 9.17) is 4.55 Å². The summed E-state index contributed by atoms with van der Waals surface area (Å²) in [6.45, 7) is 6.34. The van der Waals surface area contributed by atoms with Crippen molar-refractivity contribution in [3.63, 3.8) is 0 Å². The minimum atomic E-state index is -4.16. The van der Waals surface area contributed by atoms with E-state index in [2.05, 4.69) is 47.7 Å². The molecule has 0 aliphatic heterocycles. The molecule has 8 heteroatoms. The third-order valence-corrected chi connectivity index (χ3v) is 9.58. The van der Waals surface area contributed by atoms with Gasteiger partial charge in [0.05, 0.1) is 7.11 Å². The van der Waals surface area contributed by atoms with E-state index >= 15 is 0 Å². The van der Waals surface area contributed by atoms with Crippen LogP contribution < -0.4 is 5.32 Å². The molecule has 0 aliphatic carbocycles. The Morgan fingerprint density at radius 3 is 1.06 bits per heavy atom. The third kappa shape index (κ3) is 33.2. The lowest BCUT2D eigenvalue weighted by Gasteiger charge is -2.26. The lowest BCUT2D eigenvalue weighted by atomic mass is 9.85. The zero-order chi connectivity index (χ0) is 36.2. The van der Waals surface area contributed by atoms with Crippen molar-refractivity contribution in [2.75, 3.05) is 14.2 Å². The van der Waals surface area contributed by atoms with Crippen molar-refractivity contribution in [3.05, 3.63) is 24.3 Å². The van der Waals surface area contributed by atoms with Gasteiger partial charge in [-0.05, 0) is 78.2 Å². The molecular weight excluding hydrogens is 623 g/mol. The third-order valence-electron chi connectivity index (χ3n) is 9.16. The van der Waals surface area contributed by atoms with Gasteiger partial charge in [0.15, 0.2) is 11.6 Å². The molecule has 0 aromatic carbocycles. The second-order valence-electron chi connectivity index (χ2n) is 13.5. The Bertz CT molecular complexity index is 847. The van der Waals surface area contributed by atoms with Crippen LogP contribution in [0.1, 0.15) is 201 Å². The van der Waals surface area contributed by atoms with Crippen molar-refractivity contribution in [2.45, 2.75) is 206 Å². The Balaban J connectivity index is 0. The van der Waals surface area contributed by atoms with Gasteiger partial charge in [0, 0.05) is 12.8 Å². The van der Waals surface area contributed by atoms with E-state index in [-0.39, 0.29) is 11.6 Å². The Morgan fingerprint density at radius 1 is 0.562 bits per heavy atom. The van der Waals surface area contributed by atoms with Gasteiger partial charge in [0.1, 0.15) is 5.54 Å². The lowest BCUT2D eigenvalue weighted by molar-refractivity contribution is -0.135. The molecule has 48 heavy (non-hydrogen) atoms. The normalized spacial score (nSPS) is 12.1. The number of hydrogen-bond donors (Lipinski definition) is 2. The first kappa shape index (κ1) is 48.8. The summed E-state index contributed by atoms with van der Waals surface area (Å²) in [5, 5.41) is 3.07. The van der Waals surface area contributed by atoms with Gasteiger partial charge in [-0.2, -0.15) is 8.42 Å². The average molecular weight is 700 g/mol. The van der Waals surface area contributed by atoms with Crippen LogP contribution in [0.2, 0.25) is 0 Å². The summed E-state index contributed by atoms with van der Waals surface area (Å²) in [6.07, 6.45) is 42.9. The summed E-state index contributed by atoms with van der Waals surface area (Å²) in [4.78, 5) is 25.9. The maximum absolute atomic E-state index is 12.9. The van der Waals surface area contributed by atoms with Gasteiger partial charge in [-0.1, -0.05) is 141 Å². The van der Waals surface area contributed by atoms with E-state index in [0.717, 1.165) is 32.8 Å². The molecular formula is C40H77NO6S. The summed E-state index contributed by atoms with van der Waals surface area (Å²) in [5.41, 5.74) is -1.01. The van der Waals surface area contributed by atoms with Crippen LogP contribution in [-0.4, -0.2) is 44.2 Å². The monoisotopic (exact) mass is 700 g/mol. The molecule has 7 nitrogen and oxygen atoms in total. The fraction of sp³-hybridized carbons (Fsp3) is 0.850. The van der Waals surface area contributed by atoms with E-state index in [1.807, 2.05) is 0 Å². The van der Waals surface area contributed by atoms with E-state index in [1.165, 1.54) is 141 Å². The number of allylic oxidation sites excluding steroid dienone is 4. The molecule has 0 amide bonds. The van der Waals surface area contributed by atoms with Gasteiger partial charge in [-0.3, -0.25) is 18.3 Å². The fourth-order valence-electron chi connectivity index (χ4n) is 5.65. The highest BCUT2D eigenvalue weighted by atomic mass is 32.3. The molecule has 2 N–H and O–H groups in total. The predicted molar refractivity (Wildman–Crippen MR) is 205 cm³/mol. The standard InChI is InChI=1S/C39H73NO2.CH4O4S/c1-5-7-9-11-13-15-17-19-21-23-25-27-29-31-33-35-37(41)39(3,40-4)38(42)36-34-32-30-28-26-24-22-20-18-16-14-12-10-8-6-2;1-5-6(2,3)4/h19-22,40H,5-18,23-36H2,1-4H3;1H3,(H,2,3,4)/b21-19-,22-20-;. The van der Waals surface area contributed by atoms with Crippen LogP contribution in [-0.2, 0) is 24.2 Å². The van der Waals surface area contributed by atoms with Crippen molar-refractivity contribution in [3.8, 4) is 0 Å². The first-order valence-electron chi connectivity index (χ1n) is 19.7. The molecule has 0 saturated heterocycles. The van der Waals surface area contributed by atoms with Crippen LogP contribution in [0, 0.1) is 0 Å². The van der Waals surface area contributed by atoms with Crippen molar-refractivity contribution < 1.29 is 26.7 Å². The maximum atomic E-state index is 12.9. The van der Waals surface area contributed by atoms with Crippen LogP contribution in [0.5, 0.6) is 0 Å². The summed E-state index contributed by atoms with van der Waals surface area (Å²) >= 11 is 0. The molecule has 0 heterocycles. The molecule has 0 aliphatic rings. The number of carbonyl (C=O) groups excluding carboxylic acids is 2. The second-order valence-corrected chi connectivity index (χ2v) is 14.7. The molecule has 0 aromatic rings. The summed E-state index contributed by atoms with van der Waals surface area (Å²) in [7, 11) is -1.53. The lowest BCUT2D eigenvalue weighted by Crippen LogP contribution is -2.54. The first-order chi connectivity index (χ1) is 23.1. The number of rotatable bonds is 34. The quantitative estimate of drug-likeness (QED) is 0.0298. The SMILES string of the molecule is CCCCCCCC/C=C\CCCCCCCC(=O)C(C)(NC)C(=O)CCCCCCC/C=C\CCCCCCCC.COS(=O)(=O)O. The minimum absolute atomic E-state index is 0.0698. The second kappa shape index (κ2) is 35.5. The summed E-state index contributed by atoms with van der Waals surface area (Å²) < 4.78 is 29.7. The molecule has 0 bridgehead atoms. The molecule has 0 fully saturated rings. The first-order valence-corrected chi connectivity index (χ1v) is 21.0. The van der Waals surface area contributed by atoms with Crippen LogP contribution in [0.25, 0.3) is 0 Å². The highest BCUT2D eigenvalue weighted by Crippen LogP contribution is 2.18. The maximum Gasteiger partial charge on any atom is 0.397 e. The zero-order valence-corrected chi connectivity index (χ0v) is 32.8. The van der Waals surface area contributed by atoms with E-state index in [0.29, 0.717) is 12.8 Å². The van der Waals surface area contributed by atoms with Gasteiger partial charge in [0.2, 0.25) is 0 Å². The number of unbranched alkanes of at least 4 members (excludes halogenated alkanes) is 22. The Kier molecular flexibility index (Phi) is 36.0. The van der Waals surface area contributed by atoms with Crippen molar-refractivity contribution in [2.24, 2.45) is 0 Å². The van der Waals surface area contributed by atoms with Crippen molar-refractivity contribution in [1.82, 2.24) is 5.32 Å². The number of ketones is 2. The van der Waals surface area contributed by atoms with Gasteiger partial charge < -0.3 is 5.32 Å². The van der Waals surface area contributed by atoms with Crippen molar-refractivity contribution >= 4 is 22.0 Å². The Morgan fingerprint density at radius 2 is 0.812 bits per heavy atom. The zero-order valence-electron chi connectivity index (χ0n) is 32.0. The highest BCUT2D eigenvalue weighted by Gasteiger charge is 2.37. The minimum Gasteiger partial charge on any atom is -0.302 e. The number of Topliss-reactive ketones (excluding diaryl/α,β-unsaturated/α-hetero) is 2. The summed E-state index contributed by atoms with van der Waals surface area (Å²) in [6, 6.07) is 0. The van der Waals surface area contributed by atoms with E-state index < -0.39 is 15.9 Å². The van der Waals surface area contributed by atoms with Gasteiger partial charge in [0.25, 0.3) is 0 Å². The number of nitrogens with one attached hydrogen (secondary N) is 1. The number of hydrogen-bond acceptors (Lipinski definition) is 6. The molecule has 284 valence electrons. The molecule has 0 radical (unpaired) electrons. The smallest absolute Gasteiger partial charge is 0.302 e.